The number of hydrogen-bond acceptors (Lipinski definition) is 3. The third-order valence-electron chi connectivity index (χ3n) is 4.55. The topological polar surface area (TPSA) is 39.1 Å². The van der Waals surface area contributed by atoms with Gasteiger partial charge in [0.2, 0.25) is 0 Å². The number of hydrogen-bond donors (Lipinski definition) is 1. The number of para-hydroxylation sites is 1. The summed E-state index contributed by atoms with van der Waals surface area (Å²) in [5, 5.41) is 9.59. The van der Waals surface area contributed by atoms with Crippen LogP contribution < -0.4 is 5.32 Å². The molecule has 0 aliphatic carbocycles. The molecule has 1 saturated heterocycles. The van der Waals surface area contributed by atoms with E-state index in [4.69, 9.17) is 9.84 Å². The van der Waals surface area contributed by atoms with E-state index in [0.717, 1.165) is 26.0 Å². The van der Waals surface area contributed by atoms with Gasteiger partial charge in [0.1, 0.15) is 0 Å². The van der Waals surface area contributed by atoms with Crippen molar-refractivity contribution in [2.24, 2.45) is 13.0 Å². The molecule has 1 N–H and O–H groups in total. The Morgan fingerprint density at radius 2 is 2.24 bits per heavy atom. The highest BCUT2D eigenvalue weighted by Crippen LogP contribution is 2.26. The van der Waals surface area contributed by atoms with Crippen molar-refractivity contribution in [2.75, 3.05) is 13.2 Å². The monoisotopic (exact) mass is 287 g/mol. The number of nitrogens with zero attached hydrogens (tertiary/aromatic N) is 2. The summed E-state index contributed by atoms with van der Waals surface area (Å²) in [5.41, 5.74) is 2.37. The highest BCUT2D eigenvalue weighted by atomic mass is 16.5. The summed E-state index contributed by atoms with van der Waals surface area (Å²) in [6, 6.07) is 8.79. The Kier molecular flexibility index (Phi) is 4.27. The Labute approximate surface area is 126 Å². The van der Waals surface area contributed by atoms with Gasteiger partial charge < -0.3 is 10.1 Å². The Hall–Kier alpha value is -1.39. The normalized spacial score (nSPS) is 23.8. The average molecular weight is 287 g/mol. The lowest BCUT2D eigenvalue weighted by Crippen LogP contribution is -2.43. The maximum atomic E-state index is 5.97. The van der Waals surface area contributed by atoms with E-state index in [2.05, 4.69) is 43.4 Å². The molecule has 2 heterocycles. The van der Waals surface area contributed by atoms with Crippen LogP contribution in [0.4, 0.5) is 0 Å². The fourth-order valence-corrected chi connectivity index (χ4v) is 3.45. The molecule has 1 aliphatic heterocycles. The molecule has 1 aromatic heterocycles. The van der Waals surface area contributed by atoms with Gasteiger partial charge in [-0.1, -0.05) is 32.0 Å². The second-order valence-corrected chi connectivity index (χ2v) is 6.06. The third-order valence-corrected chi connectivity index (χ3v) is 4.55. The van der Waals surface area contributed by atoms with Crippen LogP contribution in [-0.4, -0.2) is 35.1 Å². The molecule has 1 aliphatic rings. The van der Waals surface area contributed by atoms with Crippen molar-refractivity contribution in [1.82, 2.24) is 15.1 Å². The molecule has 3 rings (SSSR count). The summed E-state index contributed by atoms with van der Waals surface area (Å²) in [4.78, 5) is 0. The molecule has 0 spiro atoms. The smallest absolute Gasteiger partial charge is 0.0758 e. The van der Waals surface area contributed by atoms with Crippen molar-refractivity contribution in [1.29, 1.82) is 0 Å². The van der Waals surface area contributed by atoms with E-state index in [0.29, 0.717) is 18.1 Å². The van der Waals surface area contributed by atoms with E-state index in [1.54, 1.807) is 0 Å². The van der Waals surface area contributed by atoms with Crippen LogP contribution in [0.15, 0.2) is 24.3 Å². The summed E-state index contributed by atoms with van der Waals surface area (Å²) in [5.74, 6) is 0.615. The number of likely N-dealkylation sites (N-methyl/N-ethyl adjacent to an activating group) is 1. The van der Waals surface area contributed by atoms with Gasteiger partial charge in [-0.05, 0) is 24.9 Å². The Morgan fingerprint density at radius 3 is 2.95 bits per heavy atom. The Morgan fingerprint density at radius 1 is 1.43 bits per heavy atom. The standard InChI is InChI=1S/C17H25N3O/c1-4-18-15(17-12(2)9-10-21-17)11-14-13-7-5-6-8-16(13)20(3)19-14/h5-8,12,15,17-18H,4,9-11H2,1-3H3. The average Bonchev–Trinajstić information content (AvgIpc) is 3.04. The summed E-state index contributed by atoms with van der Waals surface area (Å²) >= 11 is 0. The molecule has 1 fully saturated rings. The summed E-state index contributed by atoms with van der Waals surface area (Å²) in [6.07, 6.45) is 2.38. The zero-order valence-corrected chi connectivity index (χ0v) is 13.2. The van der Waals surface area contributed by atoms with Crippen LogP contribution in [-0.2, 0) is 18.2 Å². The molecule has 114 valence electrons. The first-order chi connectivity index (χ1) is 10.2. The number of nitrogens with one attached hydrogen (secondary N) is 1. The number of ether oxygens (including phenoxy) is 1. The van der Waals surface area contributed by atoms with Gasteiger partial charge in [-0.3, -0.25) is 4.68 Å². The predicted octanol–water partition coefficient (Wildman–Crippen LogP) is 2.52. The number of benzene rings is 1. The summed E-state index contributed by atoms with van der Waals surface area (Å²) < 4.78 is 7.95. The second-order valence-electron chi connectivity index (χ2n) is 6.06. The quantitative estimate of drug-likeness (QED) is 0.918. The summed E-state index contributed by atoms with van der Waals surface area (Å²) in [7, 11) is 2.02. The molecule has 1 aromatic carbocycles. The highest BCUT2D eigenvalue weighted by Gasteiger charge is 2.32. The van der Waals surface area contributed by atoms with Crippen molar-refractivity contribution in [3.05, 3.63) is 30.0 Å². The Bertz CT molecular complexity index is 607. The fraction of sp³-hybridized carbons (Fsp3) is 0.588. The van der Waals surface area contributed by atoms with E-state index in [-0.39, 0.29) is 0 Å². The van der Waals surface area contributed by atoms with E-state index in [1.165, 1.54) is 16.6 Å². The first-order valence-electron chi connectivity index (χ1n) is 7.96. The number of aryl methyl sites for hydroxylation is 1. The molecule has 0 bridgehead atoms. The van der Waals surface area contributed by atoms with Gasteiger partial charge in [-0.2, -0.15) is 5.10 Å². The van der Waals surface area contributed by atoms with Crippen molar-refractivity contribution >= 4 is 10.9 Å². The fourth-order valence-electron chi connectivity index (χ4n) is 3.45. The van der Waals surface area contributed by atoms with Gasteiger partial charge in [-0.15, -0.1) is 0 Å². The van der Waals surface area contributed by atoms with Crippen LogP contribution in [0, 0.1) is 5.92 Å². The van der Waals surface area contributed by atoms with Crippen LogP contribution >= 0.6 is 0 Å². The second kappa shape index (κ2) is 6.16. The first kappa shape index (κ1) is 14.5. The lowest BCUT2D eigenvalue weighted by molar-refractivity contribution is 0.0613. The van der Waals surface area contributed by atoms with Crippen molar-refractivity contribution in [3.8, 4) is 0 Å². The van der Waals surface area contributed by atoms with Crippen LogP contribution in [0.3, 0.4) is 0 Å². The predicted molar refractivity (Wildman–Crippen MR) is 85.4 cm³/mol. The van der Waals surface area contributed by atoms with Crippen LogP contribution in [0.5, 0.6) is 0 Å². The summed E-state index contributed by atoms with van der Waals surface area (Å²) in [6.45, 7) is 6.29. The zero-order chi connectivity index (χ0) is 14.8. The molecule has 4 nitrogen and oxygen atoms in total. The molecule has 0 amide bonds. The number of rotatable bonds is 5. The van der Waals surface area contributed by atoms with Crippen LogP contribution in [0.2, 0.25) is 0 Å². The van der Waals surface area contributed by atoms with E-state index in [1.807, 2.05) is 11.7 Å². The van der Waals surface area contributed by atoms with Gasteiger partial charge in [-0.25, -0.2) is 0 Å². The van der Waals surface area contributed by atoms with Crippen molar-refractivity contribution < 1.29 is 4.74 Å². The molecule has 3 atom stereocenters. The third kappa shape index (κ3) is 2.83. The molecule has 4 heteroatoms. The molecule has 3 unspecified atom stereocenters. The van der Waals surface area contributed by atoms with Crippen LogP contribution in [0.25, 0.3) is 10.9 Å². The molecule has 21 heavy (non-hydrogen) atoms. The number of fused-ring (bicyclic) bond motifs is 1. The van der Waals surface area contributed by atoms with Gasteiger partial charge in [0.25, 0.3) is 0 Å². The van der Waals surface area contributed by atoms with E-state index in [9.17, 15) is 0 Å². The zero-order valence-electron chi connectivity index (χ0n) is 13.2. The molecule has 0 saturated carbocycles. The van der Waals surface area contributed by atoms with Gasteiger partial charge >= 0.3 is 0 Å². The molecule has 2 aromatic rings. The number of aromatic nitrogens is 2. The van der Waals surface area contributed by atoms with Gasteiger partial charge in [0.15, 0.2) is 0 Å². The first-order valence-corrected chi connectivity index (χ1v) is 7.96. The maximum absolute atomic E-state index is 5.97. The minimum atomic E-state index is 0.297. The molecule has 0 radical (unpaired) electrons. The lowest BCUT2D eigenvalue weighted by Gasteiger charge is -2.26. The van der Waals surface area contributed by atoms with E-state index < -0.39 is 0 Å². The lowest BCUT2D eigenvalue weighted by atomic mass is 9.94. The van der Waals surface area contributed by atoms with Gasteiger partial charge in [0, 0.05) is 31.5 Å². The molecular formula is C17H25N3O. The largest absolute Gasteiger partial charge is 0.376 e. The highest BCUT2D eigenvalue weighted by molar-refractivity contribution is 5.81. The maximum Gasteiger partial charge on any atom is 0.0758 e. The Balaban J connectivity index is 1.87. The molecular weight excluding hydrogens is 262 g/mol. The minimum absolute atomic E-state index is 0.297. The van der Waals surface area contributed by atoms with E-state index >= 15 is 0 Å². The van der Waals surface area contributed by atoms with Crippen molar-refractivity contribution in [2.45, 2.75) is 38.8 Å². The minimum Gasteiger partial charge on any atom is -0.376 e. The van der Waals surface area contributed by atoms with Crippen molar-refractivity contribution in [3.63, 3.8) is 0 Å². The SMILES string of the molecule is CCNC(Cc1nn(C)c2ccccc12)C1OCCC1C. The van der Waals surface area contributed by atoms with Gasteiger partial charge in [0.05, 0.1) is 17.3 Å². The van der Waals surface area contributed by atoms with Crippen LogP contribution in [0.1, 0.15) is 26.0 Å².